The van der Waals surface area contributed by atoms with E-state index in [4.69, 9.17) is 0 Å². The molecule has 1 nitrogen and oxygen atoms in total. The Hall–Kier alpha value is -0.510. The van der Waals surface area contributed by atoms with E-state index in [1.165, 1.54) is 89.9 Å². The molecule has 0 amide bonds. The molecule has 0 aromatic carbocycles. The summed E-state index contributed by atoms with van der Waals surface area (Å²) in [6, 6.07) is 2.75. The third-order valence-electron chi connectivity index (χ3n) is 8.32. The number of nitrogens with zero attached hydrogens (tertiary/aromatic N) is 1. The lowest BCUT2D eigenvalue weighted by molar-refractivity contribution is 0.0384. The molecule has 1 heteroatoms. The van der Waals surface area contributed by atoms with Crippen LogP contribution < -0.4 is 0 Å². The van der Waals surface area contributed by atoms with Gasteiger partial charge in [0.05, 0.1) is 11.5 Å². The molecule has 0 aliphatic heterocycles. The summed E-state index contributed by atoms with van der Waals surface area (Å²) >= 11 is 0. The van der Waals surface area contributed by atoms with Crippen LogP contribution in [0.5, 0.6) is 0 Å². The minimum absolute atomic E-state index is 0.0418. The van der Waals surface area contributed by atoms with Crippen LogP contribution in [0.3, 0.4) is 0 Å². The number of unbranched alkanes of at least 4 members (excludes halogenated alkanes) is 1. The average Bonchev–Trinajstić information content (AvgIpc) is 2.66. The predicted octanol–water partition coefficient (Wildman–Crippen LogP) is 7.51. The monoisotopic (exact) mass is 343 g/mol. The highest BCUT2D eigenvalue weighted by atomic mass is 14.5. The van der Waals surface area contributed by atoms with Crippen molar-refractivity contribution in [1.82, 2.24) is 0 Å². The summed E-state index contributed by atoms with van der Waals surface area (Å²) in [5.74, 6) is 4.94. The topological polar surface area (TPSA) is 23.8 Å². The van der Waals surface area contributed by atoms with Crippen LogP contribution in [0.1, 0.15) is 110 Å². The second-order valence-electron chi connectivity index (χ2n) is 9.90. The Morgan fingerprint density at radius 3 is 2.20 bits per heavy atom. The number of rotatable bonds is 6. The van der Waals surface area contributed by atoms with Gasteiger partial charge in [0.15, 0.2) is 0 Å². The van der Waals surface area contributed by atoms with E-state index in [1.54, 1.807) is 0 Å². The number of nitriles is 1. The molecule has 0 radical (unpaired) electrons. The van der Waals surface area contributed by atoms with Crippen LogP contribution in [-0.4, -0.2) is 0 Å². The van der Waals surface area contributed by atoms with Crippen molar-refractivity contribution in [2.45, 2.75) is 110 Å². The summed E-state index contributed by atoms with van der Waals surface area (Å²) in [6.45, 7) is 4.58. The van der Waals surface area contributed by atoms with E-state index < -0.39 is 0 Å². The van der Waals surface area contributed by atoms with Gasteiger partial charge in [0.1, 0.15) is 0 Å². The van der Waals surface area contributed by atoms with Crippen LogP contribution in [0.4, 0.5) is 0 Å². The zero-order valence-corrected chi connectivity index (χ0v) is 16.9. The molecule has 3 aliphatic rings. The Kier molecular flexibility index (Phi) is 6.87. The first-order chi connectivity index (χ1) is 12.2. The van der Waals surface area contributed by atoms with Gasteiger partial charge in [0, 0.05) is 0 Å². The molecule has 3 rings (SSSR count). The summed E-state index contributed by atoms with van der Waals surface area (Å²) in [7, 11) is 0. The standard InChI is InChI=1S/C24H41N/c1-3-5-6-19-7-9-20(10-8-19)21-11-12-23-17-24(18-25,14-4-2)15-13-22(23)16-21/h19-23H,3-17H2,1-2H3. The minimum atomic E-state index is 0.0418. The smallest absolute Gasteiger partial charge is 0.0689 e. The molecule has 0 saturated heterocycles. The Labute approximate surface area is 157 Å². The molecule has 4 unspecified atom stereocenters. The third-order valence-corrected chi connectivity index (χ3v) is 8.32. The Bertz CT molecular complexity index is 442. The van der Waals surface area contributed by atoms with Gasteiger partial charge in [-0.15, -0.1) is 0 Å². The van der Waals surface area contributed by atoms with E-state index in [1.807, 2.05) is 0 Å². The van der Waals surface area contributed by atoms with Crippen molar-refractivity contribution >= 4 is 0 Å². The fourth-order valence-electron chi connectivity index (χ4n) is 6.78. The molecule has 0 bridgehead atoms. The fourth-order valence-corrected chi connectivity index (χ4v) is 6.78. The van der Waals surface area contributed by atoms with Crippen LogP contribution in [0.25, 0.3) is 0 Å². The predicted molar refractivity (Wildman–Crippen MR) is 106 cm³/mol. The van der Waals surface area contributed by atoms with E-state index >= 15 is 0 Å². The van der Waals surface area contributed by atoms with Crippen molar-refractivity contribution in [2.75, 3.05) is 0 Å². The second kappa shape index (κ2) is 8.92. The zero-order valence-electron chi connectivity index (χ0n) is 16.9. The van der Waals surface area contributed by atoms with E-state index in [9.17, 15) is 5.26 Å². The van der Waals surface area contributed by atoms with Gasteiger partial charge in [-0.25, -0.2) is 0 Å². The summed E-state index contributed by atoms with van der Waals surface area (Å²) < 4.78 is 0. The van der Waals surface area contributed by atoms with Gasteiger partial charge in [0.25, 0.3) is 0 Å². The van der Waals surface area contributed by atoms with Crippen molar-refractivity contribution in [3.8, 4) is 6.07 Å². The number of hydrogen-bond donors (Lipinski definition) is 0. The van der Waals surface area contributed by atoms with E-state index in [0.717, 1.165) is 36.0 Å². The van der Waals surface area contributed by atoms with Crippen molar-refractivity contribution < 1.29 is 0 Å². The average molecular weight is 344 g/mol. The summed E-state index contributed by atoms with van der Waals surface area (Å²) in [5.41, 5.74) is 0.0418. The molecular weight excluding hydrogens is 302 g/mol. The third kappa shape index (κ3) is 4.61. The highest BCUT2D eigenvalue weighted by molar-refractivity contribution is 5.04. The highest BCUT2D eigenvalue weighted by Crippen LogP contribution is 2.53. The molecule has 142 valence electrons. The van der Waals surface area contributed by atoms with Crippen LogP contribution in [0.2, 0.25) is 0 Å². The first-order valence-corrected chi connectivity index (χ1v) is 11.6. The Morgan fingerprint density at radius 2 is 1.52 bits per heavy atom. The first kappa shape index (κ1) is 19.3. The maximum absolute atomic E-state index is 9.76. The fraction of sp³-hybridized carbons (Fsp3) is 0.958. The second-order valence-corrected chi connectivity index (χ2v) is 9.90. The van der Waals surface area contributed by atoms with E-state index in [0.29, 0.717) is 0 Å². The van der Waals surface area contributed by atoms with Crippen molar-refractivity contribution in [3.05, 3.63) is 0 Å². The summed E-state index contributed by atoms with van der Waals surface area (Å²) in [6.07, 6.45) is 20.9. The van der Waals surface area contributed by atoms with Crippen molar-refractivity contribution in [2.24, 2.45) is 35.0 Å². The molecule has 0 N–H and O–H groups in total. The number of hydrogen-bond acceptors (Lipinski definition) is 1. The zero-order chi connectivity index (χ0) is 17.7. The van der Waals surface area contributed by atoms with Gasteiger partial charge in [0.2, 0.25) is 0 Å². The van der Waals surface area contributed by atoms with Crippen LogP contribution in [-0.2, 0) is 0 Å². The molecule has 0 aromatic rings. The van der Waals surface area contributed by atoms with Gasteiger partial charge < -0.3 is 0 Å². The van der Waals surface area contributed by atoms with Gasteiger partial charge >= 0.3 is 0 Å². The van der Waals surface area contributed by atoms with Crippen molar-refractivity contribution in [3.63, 3.8) is 0 Å². The largest absolute Gasteiger partial charge is 0.198 e. The maximum Gasteiger partial charge on any atom is 0.0689 e. The summed E-state index contributed by atoms with van der Waals surface area (Å²) in [5, 5.41) is 9.76. The lowest BCUT2D eigenvalue weighted by Crippen LogP contribution is -2.38. The normalized spacial score (nSPS) is 41.7. The molecule has 3 aliphatic carbocycles. The molecule has 4 atom stereocenters. The van der Waals surface area contributed by atoms with Gasteiger partial charge in [-0.2, -0.15) is 5.26 Å². The lowest BCUT2D eigenvalue weighted by atomic mass is 9.57. The molecule has 25 heavy (non-hydrogen) atoms. The van der Waals surface area contributed by atoms with Gasteiger partial charge in [-0.1, -0.05) is 52.4 Å². The van der Waals surface area contributed by atoms with E-state index in [2.05, 4.69) is 19.9 Å². The van der Waals surface area contributed by atoms with Crippen LogP contribution >= 0.6 is 0 Å². The minimum Gasteiger partial charge on any atom is -0.198 e. The highest BCUT2D eigenvalue weighted by Gasteiger charge is 2.44. The Balaban J connectivity index is 1.48. The Morgan fingerprint density at radius 1 is 0.840 bits per heavy atom. The van der Waals surface area contributed by atoms with Crippen molar-refractivity contribution in [1.29, 1.82) is 5.26 Å². The maximum atomic E-state index is 9.76. The van der Waals surface area contributed by atoms with Gasteiger partial charge in [-0.3, -0.25) is 0 Å². The first-order valence-electron chi connectivity index (χ1n) is 11.6. The lowest BCUT2D eigenvalue weighted by Gasteiger charge is -2.47. The molecule has 0 aromatic heterocycles. The molecule has 3 saturated carbocycles. The molecule has 3 fully saturated rings. The van der Waals surface area contributed by atoms with E-state index in [-0.39, 0.29) is 5.41 Å². The molecule has 0 spiro atoms. The quantitative estimate of drug-likeness (QED) is 0.489. The van der Waals surface area contributed by atoms with Gasteiger partial charge in [-0.05, 0) is 87.4 Å². The number of fused-ring (bicyclic) bond motifs is 1. The van der Waals surface area contributed by atoms with Crippen LogP contribution in [0, 0.1) is 46.3 Å². The van der Waals surface area contributed by atoms with Crippen LogP contribution in [0.15, 0.2) is 0 Å². The molecular formula is C24H41N. The SMILES string of the molecule is CCCCC1CCC(C2CCC3CC(C#N)(CCC)CCC3C2)CC1. The summed E-state index contributed by atoms with van der Waals surface area (Å²) in [4.78, 5) is 0. The molecule has 0 heterocycles.